The summed E-state index contributed by atoms with van der Waals surface area (Å²) < 4.78 is 0. The normalized spacial score (nSPS) is 11.2. The lowest BCUT2D eigenvalue weighted by Gasteiger charge is -2.24. The lowest BCUT2D eigenvalue weighted by atomic mass is 9.83. The molecule has 0 unspecified atom stereocenters. The van der Waals surface area contributed by atoms with Crippen molar-refractivity contribution in [1.82, 2.24) is 0 Å². The molecule has 21 heavy (non-hydrogen) atoms. The Bertz CT molecular complexity index is 661. The first-order chi connectivity index (χ1) is 9.80. The van der Waals surface area contributed by atoms with Gasteiger partial charge >= 0.3 is 0 Å². The zero-order valence-electron chi connectivity index (χ0n) is 12.5. The lowest BCUT2D eigenvalue weighted by Crippen LogP contribution is -2.34. The Labute approximate surface area is 124 Å². The summed E-state index contributed by atoms with van der Waals surface area (Å²) in [6.07, 6.45) is 0. The predicted octanol–water partition coefficient (Wildman–Crippen LogP) is 3.20. The van der Waals surface area contributed by atoms with Crippen LogP contribution in [0, 0.1) is 6.92 Å². The number of aryl methyl sites for hydroxylation is 1. The van der Waals surface area contributed by atoms with E-state index in [0.29, 0.717) is 11.4 Å². The van der Waals surface area contributed by atoms with E-state index in [-0.39, 0.29) is 11.7 Å². The van der Waals surface area contributed by atoms with Crippen molar-refractivity contribution in [3.8, 4) is 5.75 Å². The number of aromatic hydroxyl groups is 1. The smallest absolute Gasteiger partial charge is 0.234 e. The quantitative estimate of drug-likeness (QED) is 0.758. The van der Waals surface area contributed by atoms with E-state index in [0.717, 1.165) is 11.1 Å². The van der Waals surface area contributed by atoms with Crippen LogP contribution in [0.5, 0.6) is 5.75 Å². The number of nitrogens with one attached hydrogen (secondary N) is 1. The van der Waals surface area contributed by atoms with Crippen molar-refractivity contribution in [2.45, 2.75) is 26.2 Å². The molecular formula is C17H20N2O2. The highest BCUT2D eigenvalue weighted by molar-refractivity contribution is 5.98. The second-order valence-electron chi connectivity index (χ2n) is 5.70. The van der Waals surface area contributed by atoms with Gasteiger partial charge in [-0.05, 0) is 50.1 Å². The molecule has 0 aromatic heterocycles. The summed E-state index contributed by atoms with van der Waals surface area (Å²) >= 11 is 0. The SMILES string of the molecule is Cc1ccc(NC(=O)C(C)(C)c2ccc(N)cc2)cc1O. The Morgan fingerprint density at radius 3 is 2.33 bits per heavy atom. The summed E-state index contributed by atoms with van der Waals surface area (Å²) in [4.78, 5) is 12.5. The van der Waals surface area contributed by atoms with Crippen LogP contribution in [-0.4, -0.2) is 11.0 Å². The average Bonchev–Trinajstić information content (AvgIpc) is 2.43. The third kappa shape index (κ3) is 3.16. The summed E-state index contributed by atoms with van der Waals surface area (Å²) in [6.45, 7) is 5.50. The number of carbonyl (C=O) groups is 1. The zero-order chi connectivity index (χ0) is 15.6. The van der Waals surface area contributed by atoms with Gasteiger partial charge in [-0.3, -0.25) is 4.79 Å². The van der Waals surface area contributed by atoms with Crippen molar-refractivity contribution in [1.29, 1.82) is 0 Å². The fourth-order valence-electron chi connectivity index (χ4n) is 2.01. The maximum Gasteiger partial charge on any atom is 0.234 e. The molecule has 4 N–H and O–H groups in total. The Kier molecular flexibility index (Phi) is 3.89. The van der Waals surface area contributed by atoms with Gasteiger partial charge in [0, 0.05) is 17.4 Å². The summed E-state index contributed by atoms with van der Waals surface area (Å²) in [5, 5.41) is 12.5. The van der Waals surface area contributed by atoms with Gasteiger partial charge in [0.05, 0.1) is 5.41 Å². The Balaban J connectivity index is 2.21. The number of amides is 1. The number of phenols is 1. The largest absolute Gasteiger partial charge is 0.508 e. The minimum atomic E-state index is -0.700. The molecule has 2 aromatic carbocycles. The average molecular weight is 284 g/mol. The molecule has 4 nitrogen and oxygen atoms in total. The standard InChI is InChI=1S/C17H20N2O2/c1-11-4-9-14(10-15(11)20)19-16(21)17(2,3)12-5-7-13(18)8-6-12/h4-10,20H,18H2,1-3H3,(H,19,21). The first-order valence-corrected chi connectivity index (χ1v) is 6.78. The zero-order valence-corrected chi connectivity index (χ0v) is 12.5. The van der Waals surface area contributed by atoms with Crippen molar-refractivity contribution in [3.63, 3.8) is 0 Å². The van der Waals surface area contributed by atoms with Crippen LogP contribution < -0.4 is 11.1 Å². The first-order valence-electron chi connectivity index (χ1n) is 6.78. The van der Waals surface area contributed by atoms with Gasteiger partial charge in [-0.2, -0.15) is 0 Å². The van der Waals surface area contributed by atoms with Gasteiger partial charge in [0.1, 0.15) is 5.75 Å². The Morgan fingerprint density at radius 2 is 1.76 bits per heavy atom. The number of anilines is 2. The van der Waals surface area contributed by atoms with E-state index < -0.39 is 5.41 Å². The molecule has 0 radical (unpaired) electrons. The van der Waals surface area contributed by atoms with Gasteiger partial charge in [-0.25, -0.2) is 0 Å². The number of nitrogens with two attached hydrogens (primary N) is 1. The molecule has 0 spiro atoms. The van der Waals surface area contributed by atoms with Gasteiger partial charge in [0.15, 0.2) is 0 Å². The van der Waals surface area contributed by atoms with E-state index in [1.54, 1.807) is 37.3 Å². The minimum Gasteiger partial charge on any atom is -0.508 e. The van der Waals surface area contributed by atoms with Crippen molar-refractivity contribution in [2.75, 3.05) is 11.1 Å². The van der Waals surface area contributed by atoms with Crippen LogP contribution in [0.25, 0.3) is 0 Å². The number of nitrogen functional groups attached to an aromatic ring is 1. The molecule has 0 saturated heterocycles. The molecule has 0 aliphatic rings. The van der Waals surface area contributed by atoms with E-state index >= 15 is 0 Å². The van der Waals surface area contributed by atoms with Crippen LogP contribution in [0.15, 0.2) is 42.5 Å². The van der Waals surface area contributed by atoms with Crippen molar-refractivity contribution in [2.24, 2.45) is 0 Å². The number of carbonyl (C=O) groups excluding carboxylic acids is 1. The topological polar surface area (TPSA) is 75.4 Å². The second kappa shape index (κ2) is 5.48. The number of hydrogen-bond acceptors (Lipinski definition) is 3. The molecule has 2 rings (SSSR count). The lowest BCUT2D eigenvalue weighted by molar-refractivity contribution is -0.120. The van der Waals surface area contributed by atoms with E-state index in [1.165, 1.54) is 0 Å². The highest BCUT2D eigenvalue weighted by Crippen LogP contribution is 2.27. The van der Waals surface area contributed by atoms with Crippen LogP contribution in [0.2, 0.25) is 0 Å². The first kappa shape index (κ1) is 14.9. The molecule has 0 aliphatic heterocycles. The molecule has 0 aliphatic carbocycles. The molecule has 0 atom stereocenters. The summed E-state index contributed by atoms with van der Waals surface area (Å²) in [5.74, 6) is 0.0219. The number of rotatable bonds is 3. The van der Waals surface area contributed by atoms with Gasteiger partial charge in [0.2, 0.25) is 5.91 Å². The molecule has 0 saturated carbocycles. The van der Waals surface area contributed by atoms with Crippen LogP contribution in [0.3, 0.4) is 0 Å². The minimum absolute atomic E-state index is 0.143. The van der Waals surface area contributed by atoms with Crippen LogP contribution in [0.4, 0.5) is 11.4 Å². The van der Waals surface area contributed by atoms with Crippen molar-refractivity contribution < 1.29 is 9.90 Å². The Morgan fingerprint density at radius 1 is 1.14 bits per heavy atom. The van der Waals surface area contributed by atoms with E-state index in [4.69, 9.17) is 5.73 Å². The highest BCUT2D eigenvalue weighted by atomic mass is 16.3. The van der Waals surface area contributed by atoms with Gasteiger partial charge in [-0.15, -0.1) is 0 Å². The molecule has 0 bridgehead atoms. The Hall–Kier alpha value is -2.49. The van der Waals surface area contributed by atoms with Gasteiger partial charge in [0.25, 0.3) is 0 Å². The van der Waals surface area contributed by atoms with Crippen molar-refractivity contribution in [3.05, 3.63) is 53.6 Å². The van der Waals surface area contributed by atoms with Crippen LogP contribution >= 0.6 is 0 Å². The third-order valence-electron chi connectivity index (χ3n) is 3.67. The second-order valence-corrected chi connectivity index (χ2v) is 5.70. The highest BCUT2D eigenvalue weighted by Gasteiger charge is 2.29. The molecular weight excluding hydrogens is 264 g/mol. The van der Waals surface area contributed by atoms with Gasteiger partial charge < -0.3 is 16.2 Å². The number of hydrogen-bond donors (Lipinski definition) is 3. The molecule has 110 valence electrons. The summed E-state index contributed by atoms with van der Waals surface area (Å²) in [5.41, 5.74) is 7.86. The predicted molar refractivity (Wildman–Crippen MR) is 85.4 cm³/mol. The summed E-state index contributed by atoms with van der Waals surface area (Å²) in [7, 11) is 0. The van der Waals surface area contributed by atoms with Crippen LogP contribution in [-0.2, 0) is 10.2 Å². The molecule has 0 heterocycles. The summed E-state index contributed by atoms with van der Waals surface area (Å²) in [6, 6.07) is 12.3. The fourth-order valence-corrected chi connectivity index (χ4v) is 2.01. The molecule has 1 amide bonds. The fraction of sp³-hybridized carbons (Fsp3) is 0.235. The molecule has 2 aromatic rings. The number of phenolic OH excluding ortho intramolecular Hbond substituents is 1. The van der Waals surface area contributed by atoms with E-state index in [9.17, 15) is 9.90 Å². The van der Waals surface area contributed by atoms with Gasteiger partial charge in [-0.1, -0.05) is 18.2 Å². The third-order valence-corrected chi connectivity index (χ3v) is 3.67. The maximum atomic E-state index is 12.5. The van der Waals surface area contributed by atoms with E-state index in [1.807, 2.05) is 26.0 Å². The van der Waals surface area contributed by atoms with E-state index in [2.05, 4.69) is 5.32 Å². The monoisotopic (exact) mass is 284 g/mol. The number of benzene rings is 2. The van der Waals surface area contributed by atoms with Crippen LogP contribution in [0.1, 0.15) is 25.0 Å². The van der Waals surface area contributed by atoms with Crippen molar-refractivity contribution >= 4 is 17.3 Å². The molecule has 4 heteroatoms. The molecule has 0 fully saturated rings. The maximum absolute atomic E-state index is 12.5.